The minimum Gasteiger partial charge on any atom is -0.321 e. The monoisotopic (exact) mass is 494 g/mol. The van der Waals surface area contributed by atoms with Crippen LogP contribution in [0.3, 0.4) is 0 Å². The van der Waals surface area contributed by atoms with E-state index in [1.54, 1.807) is 31.6 Å². The maximum atomic E-state index is 11.6. The molecule has 0 saturated carbocycles. The van der Waals surface area contributed by atoms with Crippen LogP contribution in [0.25, 0.3) is 56.0 Å². The number of rotatable bonds is 5. The van der Waals surface area contributed by atoms with Gasteiger partial charge in [-0.1, -0.05) is 30.7 Å². The molecule has 9 nitrogen and oxygen atoms in total. The average Bonchev–Trinajstić information content (AvgIpc) is 3.52. The molecule has 36 heavy (non-hydrogen) atoms. The number of pyridine rings is 3. The predicted molar refractivity (Wildman–Crippen MR) is 139 cm³/mol. The lowest BCUT2D eigenvalue weighted by Gasteiger charge is -2.05. The van der Waals surface area contributed by atoms with Crippen molar-refractivity contribution in [3.05, 3.63) is 72.1 Å². The van der Waals surface area contributed by atoms with Crippen LogP contribution in [0.4, 0.5) is 5.82 Å². The fraction of sp³-hybridized carbons (Fsp3) is 0.0769. The lowest BCUT2D eigenvalue weighted by molar-refractivity contribution is -0.115. The maximum absolute atomic E-state index is 11.6. The van der Waals surface area contributed by atoms with Gasteiger partial charge < -0.3 is 10.3 Å². The van der Waals surface area contributed by atoms with E-state index in [-0.39, 0.29) is 5.91 Å². The number of halogens is 1. The van der Waals surface area contributed by atoms with Gasteiger partial charge in [-0.3, -0.25) is 9.89 Å². The van der Waals surface area contributed by atoms with E-state index in [4.69, 9.17) is 16.6 Å². The van der Waals surface area contributed by atoms with E-state index < -0.39 is 0 Å². The summed E-state index contributed by atoms with van der Waals surface area (Å²) in [4.78, 5) is 33.1. The van der Waals surface area contributed by atoms with Gasteiger partial charge >= 0.3 is 0 Å². The number of carbonyl (C=O) groups is 1. The number of imidazole rings is 1. The molecule has 176 valence electrons. The van der Waals surface area contributed by atoms with Crippen molar-refractivity contribution in [2.24, 2.45) is 0 Å². The van der Waals surface area contributed by atoms with Crippen LogP contribution in [0, 0.1) is 0 Å². The molecule has 5 heterocycles. The first kappa shape index (κ1) is 21.9. The van der Waals surface area contributed by atoms with Gasteiger partial charge in [-0.25, -0.2) is 19.9 Å². The summed E-state index contributed by atoms with van der Waals surface area (Å²) in [6.07, 6.45) is 5.59. The molecular weight excluding hydrogens is 476 g/mol. The van der Waals surface area contributed by atoms with E-state index in [0.29, 0.717) is 40.1 Å². The number of fused-ring (bicyclic) bond motifs is 2. The largest absolute Gasteiger partial charge is 0.321 e. The molecule has 0 aliphatic rings. The van der Waals surface area contributed by atoms with Gasteiger partial charge in [-0.05, 0) is 42.0 Å². The van der Waals surface area contributed by atoms with Crippen LogP contribution >= 0.6 is 11.6 Å². The van der Waals surface area contributed by atoms with Crippen molar-refractivity contribution in [3.8, 4) is 33.8 Å². The quantitative estimate of drug-likeness (QED) is 0.285. The summed E-state index contributed by atoms with van der Waals surface area (Å²) in [5, 5.41) is 11.7. The molecule has 3 N–H and O–H groups in total. The van der Waals surface area contributed by atoms with Crippen molar-refractivity contribution in [2.45, 2.75) is 13.3 Å². The van der Waals surface area contributed by atoms with E-state index in [0.717, 1.165) is 33.2 Å². The molecule has 5 aromatic heterocycles. The Kier molecular flexibility index (Phi) is 5.38. The molecule has 0 fully saturated rings. The van der Waals surface area contributed by atoms with Gasteiger partial charge in [0.25, 0.3) is 0 Å². The van der Waals surface area contributed by atoms with Crippen LogP contribution in [0.2, 0.25) is 5.02 Å². The third-order valence-corrected chi connectivity index (χ3v) is 6.08. The van der Waals surface area contributed by atoms with Crippen molar-refractivity contribution in [1.82, 2.24) is 35.1 Å². The summed E-state index contributed by atoms with van der Waals surface area (Å²) < 4.78 is 0. The van der Waals surface area contributed by atoms with Crippen molar-refractivity contribution in [2.75, 3.05) is 5.32 Å². The zero-order valence-electron chi connectivity index (χ0n) is 19.1. The summed E-state index contributed by atoms with van der Waals surface area (Å²) in [5.74, 6) is 1.00. The summed E-state index contributed by atoms with van der Waals surface area (Å²) >= 11 is 6.21. The molecule has 1 aromatic carbocycles. The van der Waals surface area contributed by atoms with Crippen LogP contribution in [-0.2, 0) is 4.79 Å². The second-order valence-corrected chi connectivity index (χ2v) is 8.61. The molecule has 0 saturated heterocycles. The number of benzene rings is 1. The Morgan fingerprint density at radius 1 is 0.972 bits per heavy atom. The van der Waals surface area contributed by atoms with Crippen LogP contribution in [0.15, 0.2) is 67.1 Å². The van der Waals surface area contributed by atoms with Crippen molar-refractivity contribution >= 4 is 45.5 Å². The smallest absolute Gasteiger partial charge is 0.225 e. The summed E-state index contributed by atoms with van der Waals surface area (Å²) in [6, 6.07) is 15.2. The third-order valence-electron chi connectivity index (χ3n) is 5.85. The van der Waals surface area contributed by atoms with Gasteiger partial charge in [-0.2, -0.15) is 5.10 Å². The predicted octanol–water partition coefficient (Wildman–Crippen LogP) is 5.63. The van der Waals surface area contributed by atoms with Crippen LogP contribution in [0.5, 0.6) is 0 Å². The summed E-state index contributed by atoms with van der Waals surface area (Å²) in [6.45, 7) is 1.79. The number of hydrogen-bond acceptors (Lipinski definition) is 6. The molecule has 6 rings (SSSR count). The van der Waals surface area contributed by atoms with Crippen LogP contribution in [-0.4, -0.2) is 41.0 Å². The molecule has 10 heteroatoms. The van der Waals surface area contributed by atoms with E-state index >= 15 is 0 Å². The molecular formula is C26H19ClN8O. The van der Waals surface area contributed by atoms with E-state index in [2.05, 4.69) is 35.5 Å². The number of hydrogen-bond donors (Lipinski definition) is 3. The molecule has 1 amide bonds. The molecule has 0 atom stereocenters. The Balaban J connectivity index is 1.40. The Bertz CT molecular complexity index is 1740. The molecule has 0 aliphatic heterocycles. The minimum absolute atomic E-state index is 0.0831. The molecule has 0 aliphatic carbocycles. The Morgan fingerprint density at radius 2 is 1.86 bits per heavy atom. The highest BCUT2D eigenvalue weighted by Crippen LogP contribution is 2.32. The van der Waals surface area contributed by atoms with E-state index in [1.807, 2.05) is 42.5 Å². The number of H-pyrrole nitrogens is 2. The number of nitrogens with zero attached hydrogens (tertiary/aromatic N) is 5. The number of aromatic nitrogens is 7. The summed E-state index contributed by atoms with van der Waals surface area (Å²) in [5.41, 5.74) is 6.24. The third kappa shape index (κ3) is 3.95. The second-order valence-electron chi connectivity index (χ2n) is 8.18. The standard InChI is InChI=1S/C26H19ClN8O/c1-2-21(36)31-20-7-6-15(12-29-20)16-11-19-23(34-35-24(19)30-13-16)26-32-22-18(8-9-28-25(22)33-26)14-4-3-5-17(27)10-14/h3-13H,2H2,1H3,(H,28,32,33)(H,29,31,36)(H,30,34,35). The molecule has 0 spiro atoms. The summed E-state index contributed by atoms with van der Waals surface area (Å²) in [7, 11) is 0. The molecule has 0 unspecified atom stereocenters. The van der Waals surface area contributed by atoms with Crippen molar-refractivity contribution < 1.29 is 4.79 Å². The zero-order valence-corrected chi connectivity index (χ0v) is 19.8. The number of nitrogens with one attached hydrogen (secondary N) is 3. The number of aromatic amines is 2. The van der Waals surface area contributed by atoms with E-state index in [9.17, 15) is 4.79 Å². The normalized spacial score (nSPS) is 11.3. The zero-order chi connectivity index (χ0) is 24.6. The number of anilines is 1. The molecule has 0 radical (unpaired) electrons. The minimum atomic E-state index is -0.0831. The highest BCUT2D eigenvalue weighted by molar-refractivity contribution is 6.30. The van der Waals surface area contributed by atoms with Crippen molar-refractivity contribution in [3.63, 3.8) is 0 Å². The lowest BCUT2D eigenvalue weighted by Crippen LogP contribution is -2.10. The lowest BCUT2D eigenvalue weighted by atomic mass is 10.1. The highest BCUT2D eigenvalue weighted by Gasteiger charge is 2.17. The van der Waals surface area contributed by atoms with Crippen LogP contribution < -0.4 is 5.32 Å². The Labute approximate surface area is 210 Å². The second kappa shape index (κ2) is 8.86. The van der Waals surface area contributed by atoms with Crippen LogP contribution in [0.1, 0.15) is 13.3 Å². The first-order valence-electron chi connectivity index (χ1n) is 11.3. The highest BCUT2D eigenvalue weighted by atomic mass is 35.5. The fourth-order valence-electron chi connectivity index (χ4n) is 4.02. The van der Waals surface area contributed by atoms with Gasteiger partial charge in [0.2, 0.25) is 5.91 Å². The van der Waals surface area contributed by atoms with E-state index in [1.165, 1.54) is 0 Å². The molecule has 0 bridgehead atoms. The molecule has 6 aromatic rings. The van der Waals surface area contributed by atoms with Gasteiger partial charge in [-0.15, -0.1) is 0 Å². The average molecular weight is 495 g/mol. The Hall–Kier alpha value is -4.63. The van der Waals surface area contributed by atoms with Gasteiger partial charge in [0.1, 0.15) is 17.0 Å². The van der Waals surface area contributed by atoms with Gasteiger partial charge in [0.15, 0.2) is 17.1 Å². The fourth-order valence-corrected chi connectivity index (χ4v) is 4.21. The number of amides is 1. The Morgan fingerprint density at radius 3 is 2.67 bits per heavy atom. The SMILES string of the molecule is CCC(=O)Nc1ccc(-c2cnc3[nH]nc(-c4nc5c(-c6cccc(Cl)c6)ccnc5[nH]4)c3c2)cn1. The topological polar surface area (TPSA) is 125 Å². The van der Waals surface area contributed by atoms with Gasteiger partial charge in [0.05, 0.1) is 5.39 Å². The van der Waals surface area contributed by atoms with Crippen molar-refractivity contribution in [1.29, 1.82) is 0 Å². The van der Waals surface area contributed by atoms with Gasteiger partial charge in [0, 0.05) is 46.7 Å². The first-order chi connectivity index (χ1) is 17.6. The first-order valence-corrected chi connectivity index (χ1v) is 11.7. The maximum Gasteiger partial charge on any atom is 0.225 e. The number of carbonyl (C=O) groups excluding carboxylic acids is 1.